The van der Waals surface area contributed by atoms with E-state index in [1.165, 1.54) is 0 Å². The first-order valence-corrected chi connectivity index (χ1v) is 6.08. The molecule has 4 nitrogen and oxygen atoms in total. The molecule has 1 aliphatic rings. The van der Waals surface area contributed by atoms with Crippen LogP contribution in [0.1, 0.15) is 25.5 Å². The number of aromatic nitrogens is 2. The van der Waals surface area contributed by atoms with Crippen LogP contribution in [0, 0.1) is 11.8 Å². The Morgan fingerprint density at radius 3 is 2.94 bits per heavy atom. The molecule has 2 atom stereocenters. The van der Waals surface area contributed by atoms with Gasteiger partial charge in [-0.25, -0.2) is 4.98 Å². The van der Waals surface area contributed by atoms with Gasteiger partial charge < -0.3 is 10.5 Å². The summed E-state index contributed by atoms with van der Waals surface area (Å²) in [5, 5.41) is 0. The smallest absolute Gasteiger partial charge is 0.232 e. The lowest BCUT2D eigenvalue weighted by atomic mass is 9.85. The first-order chi connectivity index (χ1) is 8.29. The van der Waals surface area contributed by atoms with Crippen LogP contribution < -0.4 is 10.5 Å². The molecule has 0 saturated carbocycles. The van der Waals surface area contributed by atoms with Gasteiger partial charge in [0.2, 0.25) is 5.88 Å². The van der Waals surface area contributed by atoms with Crippen LogP contribution in [0.15, 0.2) is 24.5 Å². The van der Waals surface area contributed by atoms with Crippen molar-refractivity contribution in [3.05, 3.63) is 30.2 Å². The molecule has 0 saturated heterocycles. The van der Waals surface area contributed by atoms with E-state index in [1.807, 2.05) is 0 Å². The van der Waals surface area contributed by atoms with E-state index in [0.717, 1.165) is 18.5 Å². The normalized spacial score (nSPS) is 23.6. The molecule has 1 aromatic heterocycles. The van der Waals surface area contributed by atoms with Crippen molar-refractivity contribution in [1.29, 1.82) is 0 Å². The van der Waals surface area contributed by atoms with Crippen LogP contribution in [0.5, 0.6) is 5.88 Å². The predicted molar refractivity (Wildman–Crippen MR) is 66.4 cm³/mol. The number of ether oxygens (including phenoxy) is 1. The molecule has 17 heavy (non-hydrogen) atoms. The molecule has 0 fully saturated rings. The molecule has 1 heterocycles. The molecule has 0 spiro atoms. The number of hydrogen-bond donors (Lipinski definition) is 1. The Labute approximate surface area is 102 Å². The van der Waals surface area contributed by atoms with Crippen LogP contribution >= 0.6 is 0 Å². The zero-order chi connectivity index (χ0) is 12.1. The Balaban J connectivity index is 1.90. The molecule has 92 valence electrons. The van der Waals surface area contributed by atoms with Gasteiger partial charge in [0.1, 0.15) is 0 Å². The van der Waals surface area contributed by atoms with Crippen molar-refractivity contribution in [2.45, 2.75) is 26.3 Å². The monoisotopic (exact) mass is 233 g/mol. The molecule has 1 aromatic rings. The van der Waals surface area contributed by atoms with E-state index in [0.29, 0.717) is 30.9 Å². The number of hydrogen-bond acceptors (Lipinski definition) is 4. The van der Waals surface area contributed by atoms with Crippen LogP contribution in [0.2, 0.25) is 0 Å². The second kappa shape index (κ2) is 5.77. The molecular weight excluding hydrogens is 214 g/mol. The first-order valence-electron chi connectivity index (χ1n) is 6.08. The third-order valence-corrected chi connectivity index (χ3v) is 3.23. The summed E-state index contributed by atoms with van der Waals surface area (Å²) in [7, 11) is 0. The summed E-state index contributed by atoms with van der Waals surface area (Å²) < 4.78 is 5.70. The van der Waals surface area contributed by atoms with Gasteiger partial charge in [-0.1, -0.05) is 19.1 Å². The van der Waals surface area contributed by atoms with Gasteiger partial charge in [0.25, 0.3) is 0 Å². The average molecular weight is 233 g/mol. The van der Waals surface area contributed by atoms with Crippen molar-refractivity contribution in [3.63, 3.8) is 0 Å². The zero-order valence-electron chi connectivity index (χ0n) is 10.2. The highest BCUT2D eigenvalue weighted by Crippen LogP contribution is 2.25. The standard InChI is InChI=1S/C13H19N3O/c1-10-4-2-3-5-11(10)9-17-13-8-15-7-12(6-14)16-13/h2-3,7-8,10-11H,4-6,9,14H2,1H3. The Kier molecular flexibility index (Phi) is 4.09. The van der Waals surface area contributed by atoms with E-state index in [9.17, 15) is 0 Å². The van der Waals surface area contributed by atoms with Crippen LogP contribution in [-0.4, -0.2) is 16.6 Å². The predicted octanol–water partition coefficient (Wildman–Crippen LogP) is 1.92. The molecule has 0 aromatic carbocycles. The summed E-state index contributed by atoms with van der Waals surface area (Å²) >= 11 is 0. The number of allylic oxidation sites excluding steroid dienone is 2. The largest absolute Gasteiger partial charge is 0.476 e. The lowest BCUT2D eigenvalue weighted by molar-refractivity contribution is 0.192. The van der Waals surface area contributed by atoms with Gasteiger partial charge >= 0.3 is 0 Å². The van der Waals surface area contributed by atoms with Gasteiger partial charge in [0.15, 0.2) is 0 Å². The SMILES string of the molecule is CC1CC=CCC1COc1cncc(CN)n1. The van der Waals surface area contributed by atoms with E-state index < -0.39 is 0 Å². The van der Waals surface area contributed by atoms with Crippen LogP contribution in [0.25, 0.3) is 0 Å². The van der Waals surface area contributed by atoms with Crippen molar-refractivity contribution in [2.24, 2.45) is 17.6 Å². The maximum absolute atomic E-state index is 5.70. The fourth-order valence-corrected chi connectivity index (χ4v) is 1.99. The van der Waals surface area contributed by atoms with Crippen molar-refractivity contribution < 1.29 is 4.74 Å². The van der Waals surface area contributed by atoms with Gasteiger partial charge in [-0.3, -0.25) is 4.98 Å². The van der Waals surface area contributed by atoms with E-state index in [4.69, 9.17) is 10.5 Å². The maximum atomic E-state index is 5.70. The second-order valence-electron chi connectivity index (χ2n) is 4.54. The van der Waals surface area contributed by atoms with Crippen molar-refractivity contribution in [1.82, 2.24) is 9.97 Å². The summed E-state index contributed by atoms with van der Waals surface area (Å²) in [6.45, 7) is 3.36. The quantitative estimate of drug-likeness (QED) is 0.807. The molecule has 2 N–H and O–H groups in total. The summed E-state index contributed by atoms with van der Waals surface area (Å²) in [5.41, 5.74) is 6.28. The molecule has 2 unspecified atom stereocenters. The highest BCUT2D eigenvalue weighted by molar-refractivity contribution is 5.08. The van der Waals surface area contributed by atoms with Crippen LogP contribution in [0.3, 0.4) is 0 Å². The minimum absolute atomic E-state index is 0.396. The lowest BCUT2D eigenvalue weighted by Crippen LogP contribution is -2.21. The fraction of sp³-hybridized carbons (Fsp3) is 0.538. The van der Waals surface area contributed by atoms with Gasteiger partial charge in [-0.15, -0.1) is 0 Å². The van der Waals surface area contributed by atoms with Gasteiger partial charge in [-0.05, 0) is 24.7 Å². The number of rotatable bonds is 4. The summed E-state index contributed by atoms with van der Waals surface area (Å²) in [6.07, 6.45) is 10.0. The Bertz CT molecular complexity index is 392. The first kappa shape index (κ1) is 12.0. The van der Waals surface area contributed by atoms with E-state index in [2.05, 4.69) is 29.0 Å². The third-order valence-electron chi connectivity index (χ3n) is 3.23. The summed E-state index contributed by atoms with van der Waals surface area (Å²) in [5.74, 6) is 1.82. The minimum Gasteiger partial charge on any atom is -0.476 e. The van der Waals surface area contributed by atoms with Crippen LogP contribution in [-0.2, 0) is 6.54 Å². The highest BCUT2D eigenvalue weighted by Gasteiger charge is 2.19. The molecule has 0 amide bonds. The van der Waals surface area contributed by atoms with Gasteiger partial charge in [0.05, 0.1) is 18.5 Å². The Morgan fingerprint density at radius 2 is 2.18 bits per heavy atom. The van der Waals surface area contributed by atoms with Gasteiger partial charge in [0, 0.05) is 12.7 Å². The summed E-state index contributed by atoms with van der Waals surface area (Å²) in [6, 6.07) is 0. The Hall–Kier alpha value is -1.42. The van der Waals surface area contributed by atoms with E-state index in [-0.39, 0.29) is 0 Å². The summed E-state index contributed by atoms with van der Waals surface area (Å²) in [4.78, 5) is 8.33. The Morgan fingerprint density at radius 1 is 1.35 bits per heavy atom. The van der Waals surface area contributed by atoms with E-state index in [1.54, 1.807) is 12.4 Å². The minimum atomic E-state index is 0.396. The maximum Gasteiger partial charge on any atom is 0.232 e. The van der Waals surface area contributed by atoms with Crippen molar-refractivity contribution in [3.8, 4) is 5.88 Å². The molecule has 2 rings (SSSR count). The van der Waals surface area contributed by atoms with E-state index >= 15 is 0 Å². The van der Waals surface area contributed by atoms with Gasteiger partial charge in [-0.2, -0.15) is 0 Å². The van der Waals surface area contributed by atoms with Crippen molar-refractivity contribution in [2.75, 3.05) is 6.61 Å². The highest BCUT2D eigenvalue weighted by atomic mass is 16.5. The van der Waals surface area contributed by atoms with Crippen LogP contribution in [0.4, 0.5) is 0 Å². The fourth-order valence-electron chi connectivity index (χ4n) is 1.99. The molecule has 1 aliphatic carbocycles. The molecule has 4 heteroatoms. The number of nitrogens with two attached hydrogens (primary N) is 1. The molecule has 0 bridgehead atoms. The topological polar surface area (TPSA) is 61.0 Å². The third kappa shape index (κ3) is 3.27. The zero-order valence-corrected chi connectivity index (χ0v) is 10.2. The average Bonchev–Trinajstić information content (AvgIpc) is 2.38. The molecular formula is C13H19N3O. The molecule has 0 aliphatic heterocycles. The lowest BCUT2D eigenvalue weighted by Gasteiger charge is -2.24. The second-order valence-corrected chi connectivity index (χ2v) is 4.54. The molecule has 0 radical (unpaired) electrons. The van der Waals surface area contributed by atoms with Crippen molar-refractivity contribution >= 4 is 0 Å². The number of nitrogens with zero attached hydrogens (tertiary/aromatic N) is 2.